The third-order valence-corrected chi connectivity index (χ3v) is 2.16. The van der Waals surface area contributed by atoms with Crippen molar-refractivity contribution in [2.24, 2.45) is 0 Å². The van der Waals surface area contributed by atoms with Gasteiger partial charge in [0.1, 0.15) is 11.3 Å². The average molecular weight is 184 g/mol. The van der Waals surface area contributed by atoms with Crippen molar-refractivity contribution in [3.8, 4) is 0 Å². The third-order valence-electron chi connectivity index (χ3n) is 2.16. The molecule has 0 bridgehead atoms. The lowest BCUT2D eigenvalue weighted by Gasteiger charge is -1.91. The molecule has 0 saturated heterocycles. The second-order valence-electron chi connectivity index (χ2n) is 3.24. The van der Waals surface area contributed by atoms with Crippen LogP contribution >= 0.6 is 0 Å². The van der Waals surface area contributed by atoms with Crippen LogP contribution < -0.4 is 0 Å². The van der Waals surface area contributed by atoms with Gasteiger partial charge in [0.25, 0.3) is 0 Å². The Hall–Kier alpha value is -1.76. The first-order chi connectivity index (χ1) is 6.81. The van der Waals surface area contributed by atoms with Gasteiger partial charge in [0.15, 0.2) is 0 Å². The van der Waals surface area contributed by atoms with Gasteiger partial charge in [-0.05, 0) is 24.6 Å². The maximum Gasteiger partial charge on any atom is 0.137 e. The van der Waals surface area contributed by atoms with Gasteiger partial charge in [-0.25, -0.2) is 0 Å². The molecule has 2 aromatic rings. The van der Waals surface area contributed by atoms with E-state index in [9.17, 15) is 0 Å². The van der Waals surface area contributed by atoms with Gasteiger partial charge in [0.05, 0.1) is 0 Å². The van der Waals surface area contributed by atoms with Crippen LogP contribution in [0.15, 0.2) is 47.4 Å². The van der Waals surface area contributed by atoms with Crippen molar-refractivity contribution in [3.63, 3.8) is 0 Å². The second-order valence-corrected chi connectivity index (χ2v) is 3.24. The van der Waals surface area contributed by atoms with E-state index in [1.54, 1.807) is 6.08 Å². The lowest BCUT2D eigenvalue weighted by Crippen LogP contribution is -1.69. The summed E-state index contributed by atoms with van der Waals surface area (Å²) in [5.74, 6) is 0.870. The number of hydrogen-bond acceptors (Lipinski definition) is 1. The Bertz CT molecular complexity index is 489. The minimum Gasteiger partial charge on any atom is -0.456 e. The smallest absolute Gasteiger partial charge is 0.137 e. The van der Waals surface area contributed by atoms with E-state index < -0.39 is 0 Å². The Morgan fingerprint density at radius 2 is 2.21 bits per heavy atom. The Morgan fingerprint density at radius 3 is 2.93 bits per heavy atom. The van der Waals surface area contributed by atoms with Crippen molar-refractivity contribution < 1.29 is 4.42 Å². The van der Waals surface area contributed by atoms with E-state index >= 15 is 0 Å². The number of hydrogen-bond donors (Lipinski definition) is 0. The fourth-order valence-corrected chi connectivity index (χ4v) is 1.47. The molecule has 0 aliphatic carbocycles. The minimum absolute atomic E-state index is 0.870. The Kier molecular flexibility index (Phi) is 2.23. The molecule has 0 fully saturated rings. The molecule has 0 unspecified atom stereocenters. The van der Waals surface area contributed by atoms with Gasteiger partial charge in [-0.1, -0.05) is 36.9 Å². The largest absolute Gasteiger partial charge is 0.456 e. The first-order valence-corrected chi connectivity index (χ1v) is 4.59. The number of rotatable bonds is 2. The number of para-hydroxylation sites is 1. The molecule has 1 heterocycles. The number of allylic oxidation sites excluding steroid dienone is 2. The number of benzene rings is 1. The summed E-state index contributed by atoms with van der Waals surface area (Å²) in [7, 11) is 0. The van der Waals surface area contributed by atoms with Gasteiger partial charge >= 0.3 is 0 Å². The molecule has 0 aliphatic heterocycles. The summed E-state index contributed by atoms with van der Waals surface area (Å²) in [4.78, 5) is 0. The molecule has 0 radical (unpaired) electrons. The fraction of sp³-hybridized carbons (Fsp3) is 0.0769. The standard InChI is InChI=1S/C13H12O/c1-3-4-8-12-9-11-7-5-6-10(2)13(11)14-12/h3-9H,1H2,2H3/b8-4-. The Morgan fingerprint density at radius 1 is 1.36 bits per heavy atom. The summed E-state index contributed by atoms with van der Waals surface area (Å²) in [5, 5.41) is 1.15. The van der Waals surface area contributed by atoms with Crippen LogP contribution in [0.4, 0.5) is 0 Å². The molecule has 0 saturated carbocycles. The Balaban J connectivity index is 2.56. The van der Waals surface area contributed by atoms with Crippen LogP contribution in [0.1, 0.15) is 11.3 Å². The summed E-state index contributed by atoms with van der Waals surface area (Å²) >= 11 is 0. The number of aryl methyl sites for hydroxylation is 1. The molecule has 0 N–H and O–H groups in total. The lowest BCUT2D eigenvalue weighted by atomic mass is 10.2. The number of furan rings is 1. The van der Waals surface area contributed by atoms with E-state index in [0.717, 1.165) is 16.7 Å². The van der Waals surface area contributed by atoms with E-state index in [2.05, 4.69) is 12.6 Å². The highest BCUT2D eigenvalue weighted by atomic mass is 16.3. The molecule has 14 heavy (non-hydrogen) atoms. The molecule has 70 valence electrons. The van der Waals surface area contributed by atoms with Crippen molar-refractivity contribution in [2.45, 2.75) is 6.92 Å². The van der Waals surface area contributed by atoms with Crippen LogP contribution in [0.3, 0.4) is 0 Å². The SMILES string of the molecule is C=C/C=C\c1cc2cccc(C)c2o1. The van der Waals surface area contributed by atoms with Crippen molar-refractivity contribution >= 4 is 17.0 Å². The summed E-state index contributed by atoms with van der Waals surface area (Å²) in [6.45, 7) is 5.67. The molecule has 2 rings (SSSR count). The highest BCUT2D eigenvalue weighted by Gasteiger charge is 2.02. The van der Waals surface area contributed by atoms with Gasteiger partial charge in [0.2, 0.25) is 0 Å². The second kappa shape index (κ2) is 3.54. The molecule has 1 nitrogen and oxygen atoms in total. The van der Waals surface area contributed by atoms with Gasteiger partial charge < -0.3 is 4.42 Å². The molecular weight excluding hydrogens is 172 g/mol. The van der Waals surface area contributed by atoms with Gasteiger partial charge in [-0.2, -0.15) is 0 Å². The van der Waals surface area contributed by atoms with Crippen LogP contribution in [0.25, 0.3) is 17.0 Å². The monoisotopic (exact) mass is 184 g/mol. The van der Waals surface area contributed by atoms with Crippen molar-refractivity contribution in [3.05, 3.63) is 54.3 Å². The molecule has 0 amide bonds. The summed E-state index contributed by atoms with van der Waals surface area (Å²) in [5.41, 5.74) is 2.14. The first kappa shape index (κ1) is 8.82. The lowest BCUT2D eigenvalue weighted by molar-refractivity contribution is 0.602. The Labute approximate surface area is 83.4 Å². The van der Waals surface area contributed by atoms with Crippen molar-refractivity contribution in [1.29, 1.82) is 0 Å². The predicted molar refractivity (Wildman–Crippen MR) is 60.2 cm³/mol. The van der Waals surface area contributed by atoms with Crippen molar-refractivity contribution in [1.82, 2.24) is 0 Å². The van der Waals surface area contributed by atoms with Crippen LogP contribution in [0.2, 0.25) is 0 Å². The van der Waals surface area contributed by atoms with Crippen LogP contribution in [0.5, 0.6) is 0 Å². The summed E-state index contributed by atoms with van der Waals surface area (Å²) in [6.07, 6.45) is 5.51. The van der Waals surface area contributed by atoms with Gasteiger partial charge in [0, 0.05) is 5.39 Å². The zero-order valence-corrected chi connectivity index (χ0v) is 8.16. The van der Waals surface area contributed by atoms with E-state index in [0.29, 0.717) is 0 Å². The van der Waals surface area contributed by atoms with E-state index in [1.807, 2.05) is 37.3 Å². The van der Waals surface area contributed by atoms with Crippen LogP contribution in [-0.2, 0) is 0 Å². The van der Waals surface area contributed by atoms with Crippen molar-refractivity contribution in [2.75, 3.05) is 0 Å². The van der Waals surface area contributed by atoms with Crippen LogP contribution in [0, 0.1) is 6.92 Å². The number of fused-ring (bicyclic) bond motifs is 1. The predicted octanol–water partition coefficient (Wildman–Crippen LogP) is 3.94. The van der Waals surface area contributed by atoms with E-state index in [1.165, 1.54) is 5.56 Å². The highest BCUT2D eigenvalue weighted by Crippen LogP contribution is 2.23. The zero-order valence-electron chi connectivity index (χ0n) is 8.16. The topological polar surface area (TPSA) is 13.1 Å². The van der Waals surface area contributed by atoms with Gasteiger partial charge in [-0.3, -0.25) is 0 Å². The fourth-order valence-electron chi connectivity index (χ4n) is 1.47. The molecule has 0 spiro atoms. The zero-order chi connectivity index (χ0) is 9.97. The van der Waals surface area contributed by atoms with Gasteiger partial charge in [-0.15, -0.1) is 0 Å². The van der Waals surface area contributed by atoms with Crippen LogP contribution in [-0.4, -0.2) is 0 Å². The third kappa shape index (κ3) is 1.49. The molecule has 1 aromatic heterocycles. The molecular formula is C13H12O. The highest BCUT2D eigenvalue weighted by molar-refractivity contribution is 5.82. The summed E-state index contributed by atoms with van der Waals surface area (Å²) < 4.78 is 5.67. The summed E-state index contributed by atoms with van der Waals surface area (Å²) in [6, 6.07) is 8.17. The quantitative estimate of drug-likeness (QED) is 0.644. The van der Waals surface area contributed by atoms with E-state index in [4.69, 9.17) is 4.42 Å². The first-order valence-electron chi connectivity index (χ1n) is 4.59. The molecule has 1 heteroatoms. The average Bonchev–Trinajstić information content (AvgIpc) is 2.59. The maximum atomic E-state index is 5.67. The maximum absolute atomic E-state index is 5.67. The molecule has 0 aliphatic rings. The van der Waals surface area contributed by atoms with E-state index in [-0.39, 0.29) is 0 Å². The minimum atomic E-state index is 0.870. The normalized spacial score (nSPS) is 11.2. The molecule has 0 atom stereocenters. The molecule has 1 aromatic carbocycles.